The Hall–Kier alpha value is -1.07. The van der Waals surface area contributed by atoms with Crippen LogP contribution in [0.4, 0.5) is 5.69 Å². The van der Waals surface area contributed by atoms with Crippen LogP contribution in [0.3, 0.4) is 0 Å². The molecule has 1 aromatic heterocycles. The Labute approximate surface area is 128 Å². The highest BCUT2D eigenvalue weighted by atomic mass is 35.5. The average Bonchev–Trinajstić information content (AvgIpc) is 2.36. The second-order valence-electron chi connectivity index (χ2n) is 3.44. The molecule has 0 saturated heterocycles. The normalized spacial score (nSPS) is 10.3. The number of nitrogens with one attached hydrogen (secondary N) is 1. The molecular weight excluding hydrogens is 332 g/mol. The number of nitrogens with zero attached hydrogens (tertiary/aromatic N) is 2. The highest BCUT2D eigenvalue weighted by Gasteiger charge is 2.12. The number of benzene rings is 1. The summed E-state index contributed by atoms with van der Waals surface area (Å²) in [5.41, 5.74) is 0.435. The zero-order valence-electron chi connectivity index (χ0n) is 9.12. The van der Waals surface area contributed by atoms with Crippen molar-refractivity contribution in [2.24, 2.45) is 0 Å². The standard InChI is InChI=1S/C11H5Cl4N3O/c12-5-3-7(14)9(4-6(5)13)16-11(19)8-1-2-10(15)18-17-8/h1-4H,(H,16,19). The maximum atomic E-state index is 11.9. The molecule has 0 unspecified atom stereocenters. The van der Waals surface area contributed by atoms with Crippen molar-refractivity contribution in [3.63, 3.8) is 0 Å². The lowest BCUT2D eigenvalue weighted by Gasteiger charge is -2.08. The fourth-order valence-corrected chi connectivity index (χ4v) is 1.94. The molecule has 0 spiro atoms. The molecule has 1 heterocycles. The molecular formula is C11H5Cl4N3O. The van der Waals surface area contributed by atoms with Crippen molar-refractivity contribution in [2.75, 3.05) is 5.32 Å². The molecule has 0 aliphatic rings. The van der Waals surface area contributed by atoms with Gasteiger partial charge in [0.05, 0.1) is 20.8 Å². The van der Waals surface area contributed by atoms with Crippen molar-refractivity contribution >= 4 is 58.0 Å². The Balaban J connectivity index is 2.24. The Morgan fingerprint density at radius 3 is 2.26 bits per heavy atom. The molecule has 1 N–H and O–H groups in total. The van der Waals surface area contributed by atoms with Crippen LogP contribution in [0.2, 0.25) is 20.2 Å². The summed E-state index contributed by atoms with van der Waals surface area (Å²) < 4.78 is 0. The third-order valence-electron chi connectivity index (χ3n) is 2.12. The molecule has 0 fully saturated rings. The molecule has 0 bridgehead atoms. The van der Waals surface area contributed by atoms with Gasteiger partial charge in [-0.25, -0.2) is 0 Å². The van der Waals surface area contributed by atoms with E-state index < -0.39 is 5.91 Å². The number of halogens is 4. The van der Waals surface area contributed by atoms with Gasteiger partial charge in [-0.15, -0.1) is 10.2 Å². The van der Waals surface area contributed by atoms with E-state index in [9.17, 15) is 4.79 Å². The third kappa shape index (κ3) is 3.48. The zero-order chi connectivity index (χ0) is 14.0. The first-order valence-corrected chi connectivity index (χ1v) is 6.43. The van der Waals surface area contributed by atoms with Gasteiger partial charge < -0.3 is 5.32 Å². The SMILES string of the molecule is O=C(Nc1cc(Cl)c(Cl)cc1Cl)c1ccc(Cl)nn1. The van der Waals surface area contributed by atoms with Crippen molar-refractivity contribution in [1.29, 1.82) is 0 Å². The fraction of sp³-hybridized carbons (Fsp3) is 0. The van der Waals surface area contributed by atoms with E-state index in [0.29, 0.717) is 10.7 Å². The monoisotopic (exact) mass is 335 g/mol. The van der Waals surface area contributed by atoms with Gasteiger partial charge in [0.1, 0.15) is 0 Å². The van der Waals surface area contributed by atoms with Crippen LogP contribution >= 0.6 is 46.4 Å². The highest BCUT2D eigenvalue weighted by molar-refractivity contribution is 6.44. The van der Waals surface area contributed by atoms with Crippen molar-refractivity contribution in [3.8, 4) is 0 Å². The van der Waals surface area contributed by atoms with Gasteiger partial charge in [0.25, 0.3) is 5.91 Å². The fourth-order valence-electron chi connectivity index (χ4n) is 1.24. The lowest BCUT2D eigenvalue weighted by Crippen LogP contribution is -2.14. The Morgan fingerprint density at radius 2 is 1.63 bits per heavy atom. The third-order valence-corrected chi connectivity index (χ3v) is 3.36. The predicted molar refractivity (Wildman–Crippen MR) is 76.5 cm³/mol. The maximum Gasteiger partial charge on any atom is 0.276 e. The summed E-state index contributed by atoms with van der Waals surface area (Å²) in [6.07, 6.45) is 0. The molecule has 1 amide bonds. The quantitative estimate of drug-likeness (QED) is 0.830. The van der Waals surface area contributed by atoms with Crippen molar-refractivity contribution in [2.45, 2.75) is 0 Å². The Bertz CT molecular complexity index is 631. The summed E-state index contributed by atoms with van der Waals surface area (Å²) in [4.78, 5) is 11.9. The molecule has 2 aromatic rings. The van der Waals surface area contributed by atoms with Gasteiger partial charge >= 0.3 is 0 Å². The molecule has 0 atom stereocenters. The van der Waals surface area contributed by atoms with E-state index in [-0.39, 0.29) is 20.9 Å². The maximum absolute atomic E-state index is 11.9. The molecule has 0 saturated carbocycles. The second-order valence-corrected chi connectivity index (χ2v) is 5.05. The molecule has 4 nitrogen and oxygen atoms in total. The van der Waals surface area contributed by atoms with Gasteiger partial charge in [-0.1, -0.05) is 46.4 Å². The van der Waals surface area contributed by atoms with Crippen LogP contribution in [-0.2, 0) is 0 Å². The molecule has 98 valence electrons. The van der Waals surface area contributed by atoms with Crippen LogP contribution in [0.25, 0.3) is 0 Å². The van der Waals surface area contributed by atoms with E-state index in [1.54, 1.807) is 0 Å². The van der Waals surface area contributed by atoms with Crippen LogP contribution in [0.5, 0.6) is 0 Å². The van der Waals surface area contributed by atoms with Gasteiger partial charge in [0.15, 0.2) is 10.8 Å². The molecule has 0 radical (unpaired) electrons. The summed E-state index contributed by atoms with van der Waals surface area (Å²) in [5, 5.41) is 10.8. The van der Waals surface area contributed by atoms with Crippen molar-refractivity contribution in [1.82, 2.24) is 10.2 Å². The molecule has 0 aliphatic heterocycles. The number of hydrogen-bond acceptors (Lipinski definition) is 3. The number of carbonyl (C=O) groups excluding carboxylic acids is 1. The van der Waals surface area contributed by atoms with Crippen LogP contribution in [0.1, 0.15) is 10.5 Å². The molecule has 0 aliphatic carbocycles. The van der Waals surface area contributed by atoms with E-state index in [0.717, 1.165) is 0 Å². The van der Waals surface area contributed by atoms with E-state index in [2.05, 4.69) is 15.5 Å². The zero-order valence-corrected chi connectivity index (χ0v) is 12.1. The average molecular weight is 337 g/mol. The molecule has 2 rings (SSSR count). The molecule has 1 aromatic carbocycles. The largest absolute Gasteiger partial charge is 0.319 e. The van der Waals surface area contributed by atoms with Gasteiger partial charge in [-0.2, -0.15) is 0 Å². The minimum Gasteiger partial charge on any atom is -0.319 e. The van der Waals surface area contributed by atoms with E-state index in [4.69, 9.17) is 46.4 Å². The van der Waals surface area contributed by atoms with Crippen LogP contribution in [0.15, 0.2) is 24.3 Å². The number of aromatic nitrogens is 2. The van der Waals surface area contributed by atoms with Crippen LogP contribution in [-0.4, -0.2) is 16.1 Å². The van der Waals surface area contributed by atoms with Crippen molar-refractivity contribution in [3.05, 3.63) is 50.2 Å². The predicted octanol–water partition coefficient (Wildman–Crippen LogP) is 4.34. The first kappa shape index (κ1) is 14.3. The number of amides is 1. The lowest BCUT2D eigenvalue weighted by molar-refractivity contribution is 0.102. The topological polar surface area (TPSA) is 54.9 Å². The second kappa shape index (κ2) is 5.92. The minimum atomic E-state index is -0.482. The Morgan fingerprint density at radius 1 is 0.947 bits per heavy atom. The van der Waals surface area contributed by atoms with Gasteiger partial charge in [0, 0.05) is 0 Å². The summed E-state index contributed by atoms with van der Waals surface area (Å²) in [7, 11) is 0. The number of rotatable bonds is 2. The summed E-state index contributed by atoms with van der Waals surface area (Å²) in [6, 6.07) is 5.79. The van der Waals surface area contributed by atoms with Crippen LogP contribution < -0.4 is 5.32 Å². The Kier molecular flexibility index (Phi) is 4.47. The van der Waals surface area contributed by atoms with Gasteiger partial charge in [-0.05, 0) is 24.3 Å². The van der Waals surface area contributed by atoms with E-state index >= 15 is 0 Å². The molecule has 8 heteroatoms. The van der Waals surface area contributed by atoms with Gasteiger partial charge in [0.2, 0.25) is 0 Å². The molecule has 19 heavy (non-hydrogen) atoms. The lowest BCUT2D eigenvalue weighted by atomic mass is 10.3. The summed E-state index contributed by atoms with van der Waals surface area (Å²) in [5.74, 6) is -0.482. The number of carbonyl (C=O) groups is 1. The summed E-state index contributed by atoms with van der Waals surface area (Å²) >= 11 is 23.2. The minimum absolute atomic E-state index is 0.103. The van der Waals surface area contributed by atoms with Gasteiger partial charge in [-0.3, -0.25) is 4.79 Å². The van der Waals surface area contributed by atoms with E-state index in [1.807, 2.05) is 0 Å². The van der Waals surface area contributed by atoms with Crippen molar-refractivity contribution < 1.29 is 4.79 Å². The number of anilines is 1. The van der Waals surface area contributed by atoms with E-state index in [1.165, 1.54) is 24.3 Å². The highest BCUT2D eigenvalue weighted by Crippen LogP contribution is 2.32. The summed E-state index contributed by atoms with van der Waals surface area (Å²) in [6.45, 7) is 0. The smallest absolute Gasteiger partial charge is 0.276 e. The van der Waals surface area contributed by atoms with Crippen LogP contribution in [0, 0.1) is 0 Å². The first-order chi connectivity index (χ1) is 8.97. The first-order valence-electron chi connectivity index (χ1n) is 4.92. The number of hydrogen-bond donors (Lipinski definition) is 1.